The van der Waals surface area contributed by atoms with Crippen molar-refractivity contribution in [3.63, 3.8) is 0 Å². The van der Waals surface area contributed by atoms with Crippen LogP contribution in [0.15, 0.2) is 0 Å². The third kappa shape index (κ3) is 9.62. The van der Waals surface area contributed by atoms with E-state index in [9.17, 15) is 4.89 Å². The van der Waals surface area contributed by atoms with E-state index in [1.54, 1.807) is 0 Å². The molecular formula is C14H33O3PSn. The molecule has 0 aliphatic heterocycles. The molecule has 0 spiro atoms. The van der Waals surface area contributed by atoms with Gasteiger partial charge in [-0.1, -0.05) is 0 Å². The Morgan fingerprint density at radius 2 is 1.26 bits per heavy atom. The molecule has 116 valence electrons. The average Bonchev–Trinajstić information content (AvgIpc) is 2.40. The monoisotopic (exact) mass is 400 g/mol. The van der Waals surface area contributed by atoms with Gasteiger partial charge in [-0.25, -0.2) is 0 Å². The molecule has 0 saturated carbocycles. The van der Waals surface area contributed by atoms with Gasteiger partial charge in [0.05, 0.1) is 0 Å². The van der Waals surface area contributed by atoms with Gasteiger partial charge in [-0.2, -0.15) is 0 Å². The Balaban J connectivity index is 4.65. The maximum atomic E-state index is 9.96. The summed E-state index contributed by atoms with van der Waals surface area (Å²) < 4.78 is 15.2. The zero-order chi connectivity index (χ0) is 14.6. The fraction of sp³-hybridized carbons (Fsp3) is 1.00. The molecule has 1 atom stereocenters. The summed E-state index contributed by atoms with van der Waals surface area (Å²) in [5.41, 5.74) is 0. The van der Waals surface area contributed by atoms with Crippen LogP contribution in [0, 0.1) is 0 Å². The Kier molecular flexibility index (Phi) is 13.6. The molecule has 1 N–H and O–H groups in total. The van der Waals surface area contributed by atoms with Crippen LogP contribution >= 0.6 is 8.60 Å². The van der Waals surface area contributed by atoms with Crippen LogP contribution in [0.3, 0.4) is 0 Å². The quantitative estimate of drug-likeness (QED) is 0.324. The summed E-state index contributed by atoms with van der Waals surface area (Å²) in [5.74, 6) is 0. The van der Waals surface area contributed by atoms with Crippen LogP contribution < -0.4 is 0 Å². The Hall–Kier alpha value is 1.11. The predicted molar refractivity (Wildman–Crippen MR) is 86.7 cm³/mol. The van der Waals surface area contributed by atoms with E-state index in [1.807, 2.05) is 6.92 Å². The second-order valence-corrected chi connectivity index (χ2v) is 18.8. The van der Waals surface area contributed by atoms with Crippen LogP contribution in [0.2, 0.25) is 13.3 Å². The maximum absolute atomic E-state index is 9.96. The fourth-order valence-corrected chi connectivity index (χ4v) is 19.5. The Morgan fingerprint density at radius 1 is 0.842 bits per heavy atom. The number of hydrogen-bond donors (Lipinski definition) is 1. The summed E-state index contributed by atoms with van der Waals surface area (Å²) in [7, 11) is -1.62. The van der Waals surface area contributed by atoms with Crippen molar-refractivity contribution in [3.8, 4) is 0 Å². The van der Waals surface area contributed by atoms with Crippen molar-refractivity contribution < 1.29 is 12.3 Å². The normalized spacial score (nSPS) is 13.7. The fourth-order valence-electron chi connectivity index (χ4n) is 2.31. The molecule has 0 fully saturated rings. The molecule has 0 aromatic rings. The molecule has 0 aromatic heterocycles. The number of hydrogen-bond acceptors (Lipinski definition) is 3. The molecule has 0 aliphatic carbocycles. The number of unbranched alkanes of at least 4 members (excludes halogenated alkanes) is 3. The van der Waals surface area contributed by atoms with Gasteiger partial charge >= 0.3 is 126 Å². The zero-order valence-electron chi connectivity index (χ0n) is 13.3. The molecule has 19 heavy (non-hydrogen) atoms. The molecule has 0 rings (SSSR count). The van der Waals surface area contributed by atoms with Crippen molar-refractivity contribution in [1.82, 2.24) is 0 Å². The third-order valence-corrected chi connectivity index (χ3v) is 20.0. The summed E-state index contributed by atoms with van der Waals surface area (Å²) >= 11 is -2.64. The Morgan fingerprint density at radius 3 is 1.58 bits per heavy atom. The van der Waals surface area contributed by atoms with Crippen LogP contribution in [0.4, 0.5) is 0 Å². The summed E-state index contributed by atoms with van der Waals surface area (Å²) in [6.07, 6.45) is 7.41. The summed E-state index contributed by atoms with van der Waals surface area (Å²) in [5, 5.41) is 0. The third-order valence-electron chi connectivity index (χ3n) is 3.47. The standard InChI is InChI=1S/3C4H9.C2H6O3P.Sn/c3*1-3-4-2;1-2-5-6(3)4;/h3*1,3-4H2,2H3;3H,2H2,1H3;/q;;;-1;+1. The van der Waals surface area contributed by atoms with Crippen LogP contribution in [-0.4, -0.2) is 30.3 Å². The molecule has 0 amide bonds. The molecule has 0 saturated heterocycles. The van der Waals surface area contributed by atoms with E-state index >= 15 is 0 Å². The van der Waals surface area contributed by atoms with Crippen molar-refractivity contribution in [2.75, 3.05) is 6.61 Å². The molecule has 0 aromatic carbocycles. The van der Waals surface area contributed by atoms with Crippen molar-refractivity contribution in [2.45, 2.75) is 79.5 Å². The van der Waals surface area contributed by atoms with Crippen molar-refractivity contribution in [1.29, 1.82) is 0 Å². The Labute approximate surface area is 125 Å². The second-order valence-electron chi connectivity index (χ2n) is 5.24. The molecular weight excluding hydrogens is 366 g/mol. The van der Waals surface area contributed by atoms with Crippen molar-refractivity contribution in [2.24, 2.45) is 0 Å². The van der Waals surface area contributed by atoms with Gasteiger partial charge in [0, 0.05) is 0 Å². The van der Waals surface area contributed by atoms with Gasteiger partial charge < -0.3 is 0 Å². The van der Waals surface area contributed by atoms with Crippen molar-refractivity contribution in [3.05, 3.63) is 0 Å². The van der Waals surface area contributed by atoms with E-state index in [4.69, 9.17) is 7.38 Å². The topological polar surface area (TPSA) is 38.7 Å². The Bertz CT molecular complexity index is 183. The van der Waals surface area contributed by atoms with E-state index < -0.39 is 27.4 Å². The second kappa shape index (κ2) is 12.8. The van der Waals surface area contributed by atoms with E-state index in [0.717, 1.165) is 0 Å². The van der Waals surface area contributed by atoms with Gasteiger partial charge in [0.2, 0.25) is 0 Å². The summed E-state index contributed by atoms with van der Waals surface area (Å²) in [6.45, 7) is 9.16. The first-order valence-corrected chi connectivity index (χ1v) is 16.3. The van der Waals surface area contributed by atoms with Gasteiger partial charge in [-0.3, -0.25) is 0 Å². The molecule has 0 radical (unpaired) electrons. The molecule has 0 heterocycles. The van der Waals surface area contributed by atoms with Gasteiger partial charge in [0.25, 0.3) is 0 Å². The summed E-state index contributed by atoms with van der Waals surface area (Å²) in [6, 6.07) is 0. The molecule has 0 bridgehead atoms. The zero-order valence-corrected chi connectivity index (χ0v) is 17.0. The minimum atomic E-state index is -2.64. The molecule has 1 unspecified atom stereocenters. The first kappa shape index (κ1) is 20.1. The van der Waals surface area contributed by atoms with Crippen LogP contribution in [0.25, 0.3) is 0 Å². The SMILES string of the molecule is CCC[CH2][Sn]([CH2]CCC)([CH2]CCC)[O]P(O)OCC. The average molecular weight is 399 g/mol. The molecule has 0 aliphatic rings. The number of rotatable bonds is 13. The van der Waals surface area contributed by atoms with Crippen LogP contribution in [0.1, 0.15) is 66.2 Å². The van der Waals surface area contributed by atoms with Gasteiger partial charge in [-0.05, 0) is 0 Å². The first-order valence-electron chi connectivity index (χ1n) is 7.95. The minimum absolute atomic E-state index is 0.541. The van der Waals surface area contributed by atoms with Gasteiger partial charge in [-0.15, -0.1) is 0 Å². The predicted octanol–water partition coefficient (Wildman–Crippen LogP) is 5.60. The van der Waals surface area contributed by atoms with E-state index in [0.29, 0.717) is 6.61 Å². The van der Waals surface area contributed by atoms with Crippen molar-refractivity contribution >= 4 is 27.4 Å². The molecule has 5 heteroatoms. The van der Waals surface area contributed by atoms with Gasteiger partial charge in [0.1, 0.15) is 0 Å². The first-order chi connectivity index (χ1) is 9.14. The summed E-state index contributed by atoms with van der Waals surface area (Å²) in [4.78, 5) is 9.96. The van der Waals surface area contributed by atoms with Crippen LogP contribution in [0.5, 0.6) is 0 Å². The van der Waals surface area contributed by atoms with E-state index in [-0.39, 0.29) is 0 Å². The van der Waals surface area contributed by atoms with E-state index in [2.05, 4.69) is 20.8 Å². The van der Waals surface area contributed by atoms with Gasteiger partial charge in [0.15, 0.2) is 0 Å². The van der Waals surface area contributed by atoms with E-state index in [1.165, 1.54) is 51.8 Å². The molecule has 3 nitrogen and oxygen atoms in total. The van der Waals surface area contributed by atoms with Crippen LogP contribution in [-0.2, 0) is 7.38 Å².